The Morgan fingerprint density at radius 3 is 2.12 bits per heavy atom. The van der Waals surface area contributed by atoms with Crippen molar-refractivity contribution < 1.29 is 18.0 Å². The van der Waals surface area contributed by atoms with Gasteiger partial charge in [0.1, 0.15) is 12.6 Å². The number of nitrogens with one attached hydrogen (secondary N) is 1. The minimum atomic E-state index is -4.15. The van der Waals surface area contributed by atoms with Crippen LogP contribution in [0.3, 0.4) is 0 Å². The van der Waals surface area contributed by atoms with Crippen LogP contribution in [0.4, 0.5) is 5.69 Å². The smallest absolute Gasteiger partial charge is 0.264 e. The summed E-state index contributed by atoms with van der Waals surface area (Å²) in [6.45, 7) is 3.21. The average Bonchev–Trinajstić information content (AvgIpc) is 2.99. The lowest BCUT2D eigenvalue weighted by molar-refractivity contribution is -0.139. The van der Waals surface area contributed by atoms with Crippen molar-refractivity contribution >= 4 is 39.1 Å². The minimum absolute atomic E-state index is 0.0519. The van der Waals surface area contributed by atoms with Crippen molar-refractivity contribution in [2.45, 2.75) is 37.8 Å². The molecule has 1 atom stereocenters. The van der Waals surface area contributed by atoms with Crippen molar-refractivity contribution in [2.75, 3.05) is 17.9 Å². The van der Waals surface area contributed by atoms with Crippen molar-refractivity contribution in [2.24, 2.45) is 0 Å². The molecule has 0 radical (unpaired) electrons. The highest BCUT2D eigenvalue weighted by Gasteiger charge is 2.34. The number of likely N-dealkylation sites (N-methyl/N-ethyl adjacent to an activating group) is 1. The van der Waals surface area contributed by atoms with Gasteiger partial charge in [0.25, 0.3) is 10.0 Å². The lowest BCUT2D eigenvalue weighted by atomic mass is 10.0. The predicted molar refractivity (Wildman–Crippen MR) is 167 cm³/mol. The van der Waals surface area contributed by atoms with Gasteiger partial charge in [-0.2, -0.15) is 0 Å². The summed E-state index contributed by atoms with van der Waals surface area (Å²) in [5.41, 5.74) is 3.51. The van der Waals surface area contributed by atoms with Crippen molar-refractivity contribution in [3.05, 3.63) is 130 Å². The predicted octanol–water partition coefficient (Wildman–Crippen LogP) is 5.54. The van der Waals surface area contributed by atoms with Crippen LogP contribution in [0.1, 0.15) is 22.3 Å². The molecule has 42 heavy (non-hydrogen) atoms. The first-order valence-electron chi connectivity index (χ1n) is 13.5. The van der Waals surface area contributed by atoms with Crippen molar-refractivity contribution in [1.82, 2.24) is 10.2 Å². The first-order chi connectivity index (χ1) is 20.1. The molecule has 0 heterocycles. The molecule has 0 saturated heterocycles. The second-order valence-electron chi connectivity index (χ2n) is 10.1. The fraction of sp³-hybridized carbons (Fsp3) is 0.212. The lowest BCUT2D eigenvalue weighted by Crippen LogP contribution is -2.53. The number of aryl methyl sites for hydroxylation is 2. The van der Waals surface area contributed by atoms with Gasteiger partial charge in [-0.25, -0.2) is 8.42 Å². The number of sulfonamides is 1. The van der Waals surface area contributed by atoms with Gasteiger partial charge in [-0.1, -0.05) is 84.4 Å². The third-order valence-corrected chi connectivity index (χ3v) is 9.01. The van der Waals surface area contributed by atoms with Crippen LogP contribution in [0.25, 0.3) is 0 Å². The van der Waals surface area contributed by atoms with Crippen LogP contribution in [-0.4, -0.2) is 44.8 Å². The number of halogens is 1. The summed E-state index contributed by atoms with van der Waals surface area (Å²) >= 11 is 6.26. The maximum atomic E-state index is 14.3. The fourth-order valence-corrected chi connectivity index (χ4v) is 6.48. The van der Waals surface area contributed by atoms with Crippen LogP contribution >= 0.6 is 11.6 Å². The molecule has 0 aliphatic rings. The maximum Gasteiger partial charge on any atom is 0.264 e. The number of hydrogen-bond donors (Lipinski definition) is 1. The molecule has 4 rings (SSSR count). The number of carbonyl (C=O) groups is 2. The molecule has 0 bridgehead atoms. The highest BCUT2D eigenvalue weighted by Crippen LogP contribution is 2.29. The molecule has 1 unspecified atom stereocenters. The van der Waals surface area contributed by atoms with E-state index in [0.29, 0.717) is 21.8 Å². The van der Waals surface area contributed by atoms with E-state index in [4.69, 9.17) is 11.6 Å². The van der Waals surface area contributed by atoms with Gasteiger partial charge in [-0.3, -0.25) is 13.9 Å². The van der Waals surface area contributed by atoms with Gasteiger partial charge in [0.15, 0.2) is 0 Å². The quantitative estimate of drug-likeness (QED) is 0.244. The number of carbonyl (C=O) groups excluding carboxylic acids is 2. The zero-order valence-electron chi connectivity index (χ0n) is 23.8. The summed E-state index contributed by atoms with van der Waals surface area (Å²) in [5, 5.41) is 3.17. The summed E-state index contributed by atoms with van der Waals surface area (Å²) in [7, 11) is -2.63. The Balaban J connectivity index is 1.81. The highest BCUT2D eigenvalue weighted by molar-refractivity contribution is 7.92. The fourth-order valence-electron chi connectivity index (χ4n) is 4.77. The molecular weight excluding hydrogens is 570 g/mol. The molecule has 4 aromatic rings. The Hall–Kier alpha value is -4.14. The van der Waals surface area contributed by atoms with Crippen LogP contribution in [0.15, 0.2) is 108 Å². The SMILES string of the molecule is CNC(=O)C(Cc1ccccc1)N(Cc1cccc(Cl)c1)C(=O)CN(c1cc(C)ccc1C)S(=O)(=O)c1ccccc1. The van der Waals surface area contributed by atoms with Gasteiger partial charge in [0.05, 0.1) is 10.6 Å². The van der Waals surface area contributed by atoms with Crippen molar-refractivity contribution in [3.63, 3.8) is 0 Å². The Bertz CT molecular complexity index is 1650. The molecule has 0 spiro atoms. The van der Waals surface area contributed by atoms with E-state index in [1.54, 1.807) is 49.4 Å². The highest BCUT2D eigenvalue weighted by atomic mass is 35.5. The largest absolute Gasteiger partial charge is 0.357 e. The summed E-state index contributed by atoms with van der Waals surface area (Å²) in [4.78, 5) is 29.2. The van der Waals surface area contributed by atoms with Crippen LogP contribution in [0.5, 0.6) is 0 Å². The Kier molecular flexibility index (Phi) is 10.0. The molecule has 4 aromatic carbocycles. The molecule has 0 saturated carbocycles. The van der Waals surface area contributed by atoms with Crippen molar-refractivity contribution in [1.29, 1.82) is 0 Å². The molecule has 0 aliphatic heterocycles. The van der Waals surface area contributed by atoms with Gasteiger partial charge < -0.3 is 10.2 Å². The van der Waals surface area contributed by atoms with E-state index in [9.17, 15) is 18.0 Å². The second-order valence-corrected chi connectivity index (χ2v) is 12.4. The first-order valence-corrected chi connectivity index (χ1v) is 15.4. The second kappa shape index (κ2) is 13.7. The molecule has 0 aliphatic carbocycles. The van der Waals surface area contributed by atoms with Gasteiger partial charge in [0, 0.05) is 25.0 Å². The monoisotopic (exact) mass is 603 g/mol. The van der Waals surface area contributed by atoms with Crippen LogP contribution in [-0.2, 0) is 32.6 Å². The topological polar surface area (TPSA) is 86.8 Å². The van der Waals surface area contributed by atoms with Gasteiger partial charge in [-0.05, 0) is 66.4 Å². The molecule has 7 nitrogen and oxygen atoms in total. The van der Waals surface area contributed by atoms with Crippen LogP contribution in [0.2, 0.25) is 5.02 Å². The number of rotatable bonds is 11. The maximum absolute atomic E-state index is 14.3. The van der Waals surface area contributed by atoms with E-state index in [2.05, 4.69) is 5.32 Å². The molecule has 0 aromatic heterocycles. The zero-order chi connectivity index (χ0) is 30.3. The number of amides is 2. The van der Waals surface area contributed by atoms with E-state index in [1.807, 2.05) is 55.5 Å². The lowest BCUT2D eigenvalue weighted by Gasteiger charge is -2.34. The van der Waals surface area contributed by atoms with Crippen molar-refractivity contribution in [3.8, 4) is 0 Å². The third kappa shape index (κ3) is 7.38. The molecule has 9 heteroatoms. The van der Waals surface area contributed by atoms with Crippen LogP contribution < -0.4 is 9.62 Å². The van der Waals surface area contributed by atoms with Gasteiger partial charge >= 0.3 is 0 Å². The number of benzene rings is 4. The number of hydrogen-bond acceptors (Lipinski definition) is 4. The third-order valence-electron chi connectivity index (χ3n) is 7.00. The van der Waals surface area contributed by atoms with E-state index in [-0.39, 0.29) is 23.8 Å². The molecule has 1 N–H and O–H groups in total. The first kappa shape index (κ1) is 30.8. The standard InChI is InChI=1S/C33H34ClN3O4S/c1-24-17-18-25(2)30(19-24)37(42(40,41)29-15-8-5-9-16-29)23-32(38)36(22-27-13-10-14-28(34)20-27)31(33(39)35-3)21-26-11-6-4-7-12-26/h4-20,31H,21-23H2,1-3H3,(H,35,39). The molecule has 2 amide bonds. The normalized spacial score (nSPS) is 11.9. The Morgan fingerprint density at radius 2 is 1.48 bits per heavy atom. The molecular formula is C33H34ClN3O4S. The van der Waals surface area contributed by atoms with Gasteiger partial charge in [0.2, 0.25) is 11.8 Å². The number of nitrogens with zero attached hydrogens (tertiary/aromatic N) is 2. The summed E-state index contributed by atoms with van der Waals surface area (Å²) in [5.74, 6) is -0.890. The van der Waals surface area contributed by atoms with E-state index in [1.165, 1.54) is 24.1 Å². The van der Waals surface area contributed by atoms with E-state index in [0.717, 1.165) is 15.4 Å². The van der Waals surface area contributed by atoms with Gasteiger partial charge in [-0.15, -0.1) is 0 Å². The minimum Gasteiger partial charge on any atom is -0.357 e. The van der Waals surface area contributed by atoms with E-state index < -0.39 is 28.5 Å². The number of anilines is 1. The molecule has 218 valence electrons. The Morgan fingerprint density at radius 1 is 0.833 bits per heavy atom. The summed E-state index contributed by atoms with van der Waals surface area (Å²) in [6, 6.07) is 29.0. The average molecular weight is 604 g/mol. The summed E-state index contributed by atoms with van der Waals surface area (Å²) < 4.78 is 29.3. The van der Waals surface area contributed by atoms with Crippen LogP contribution in [0, 0.1) is 13.8 Å². The summed E-state index contributed by atoms with van der Waals surface area (Å²) in [6.07, 6.45) is 0.238. The zero-order valence-corrected chi connectivity index (χ0v) is 25.4. The Labute approximate surface area is 252 Å². The molecule has 0 fully saturated rings. The van der Waals surface area contributed by atoms with E-state index >= 15 is 0 Å².